The van der Waals surface area contributed by atoms with Crippen molar-refractivity contribution in [2.75, 3.05) is 0 Å². The van der Waals surface area contributed by atoms with Crippen LogP contribution >= 0.6 is 0 Å². The number of unbranched alkanes of at least 4 members (excludes halogenated alkanes) is 1. The normalized spacial score (nSPS) is 8.83. The van der Waals surface area contributed by atoms with Crippen LogP contribution in [-0.2, 0) is 45.1 Å². The van der Waals surface area contributed by atoms with Crippen LogP contribution in [0.25, 0.3) is 0 Å². The van der Waals surface area contributed by atoms with Gasteiger partial charge in [-0.15, -0.1) is 0 Å². The van der Waals surface area contributed by atoms with Crippen LogP contribution < -0.4 is 0 Å². The van der Waals surface area contributed by atoms with E-state index in [-0.39, 0.29) is 40.7 Å². The Labute approximate surface area is 165 Å². The summed E-state index contributed by atoms with van der Waals surface area (Å²) in [6.07, 6.45) is 8.88. The summed E-state index contributed by atoms with van der Waals surface area (Å²) in [5, 5.41) is 0. The predicted molar refractivity (Wildman–Crippen MR) is 104 cm³/mol. The first-order chi connectivity index (χ1) is 9.80. The molecule has 0 spiro atoms. The molecule has 0 heterocycles. The largest absolute Gasteiger partial charge is 4.00 e. The molecule has 0 nitrogen and oxygen atoms in total. The molecule has 0 fully saturated rings. The molecule has 0 unspecified atom stereocenters. The Hall–Kier alpha value is -0.430. The van der Waals surface area contributed by atoms with Crippen LogP contribution in [-0.4, -0.2) is 0 Å². The van der Waals surface area contributed by atoms with Crippen LogP contribution in [0, 0.1) is 14.9 Å². The van der Waals surface area contributed by atoms with Gasteiger partial charge in [0.05, 0.1) is 0 Å². The van der Waals surface area contributed by atoms with E-state index in [1.807, 2.05) is 0 Å². The van der Waals surface area contributed by atoms with Gasteiger partial charge in [0.2, 0.25) is 0 Å². The summed E-state index contributed by atoms with van der Waals surface area (Å²) in [6, 6.07) is 15.4. The van der Waals surface area contributed by atoms with Crippen molar-refractivity contribution in [3.05, 3.63) is 74.0 Å². The van der Waals surface area contributed by atoms with E-state index in [2.05, 4.69) is 63.2 Å². The summed E-state index contributed by atoms with van der Waals surface area (Å²) in [6.45, 7) is 6.68. The van der Waals surface area contributed by atoms with Gasteiger partial charge in [-0.2, -0.15) is 41.0 Å². The van der Waals surface area contributed by atoms with Crippen molar-refractivity contribution in [1.29, 1.82) is 0 Å². The fourth-order valence-electron chi connectivity index (χ4n) is 2.40. The molecular weight excluding hydrogens is 443 g/mol. The molecule has 0 N–H and O–H groups in total. The third kappa shape index (κ3) is 12.6. The summed E-state index contributed by atoms with van der Waals surface area (Å²) in [7, 11) is 0. The summed E-state index contributed by atoms with van der Waals surface area (Å²) in [5.74, 6) is 0. The first-order valence-electron chi connectivity index (χ1n) is 8.25. The van der Waals surface area contributed by atoms with Crippen LogP contribution in [0.5, 0.6) is 0 Å². The third-order valence-corrected chi connectivity index (χ3v) is 3.51. The monoisotopic (exact) mass is 480 g/mol. The van der Waals surface area contributed by atoms with Crippen molar-refractivity contribution in [3.8, 4) is 0 Å². The van der Waals surface area contributed by atoms with Crippen molar-refractivity contribution in [2.24, 2.45) is 0 Å². The number of aryl methyl sites for hydroxylation is 3. The molecule has 0 amide bonds. The Morgan fingerprint density at radius 1 is 0.783 bits per heavy atom. The minimum atomic E-state index is 0. The van der Waals surface area contributed by atoms with Gasteiger partial charge in [-0.3, -0.25) is 0 Å². The zero-order valence-corrected chi connectivity index (χ0v) is 19.6. The molecule has 23 heavy (non-hydrogen) atoms. The molecule has 2 rings (SSSR count). The van der Waals surface area contributed by atoms with Gasteiger partial charge in [-0.1, -0.05) is 65.7 Å². The van der Waals surface area contributed by atoms with Gasteiger partial charge in [0.25, 0.3) is 0 Å². The maximum absolute atomic E-state index is 2.36. The molecule has 0 aliphatic heterocycles. The fraction of sp³-hybridized carbons (Fsp3) is 0.455. The quantitative estimate of drug-likeness (QED) is 0.298. The van der Waals surface area contributed by atoms with Gasteiger partial charge in [-0.25, -0.2) is 18.2 Å². The van der Waals surface area contributed by atoms with E-state index >= 15 is 0 Å². The molecule has 0 atom stereocenters. The summed E-state index contributed by atoms with van der Waals surface area (Å²) in [4.78, 5) is 0. The average Bonchev–Trinajstić information content (AvgIpc) is 3.10. The minimum absolute atomic E-state index is 0. The summed E-state index contributed by atoms with van der Waals surface area (Å²) >= 11 is 0. The van der Waals surface area contributed by atoms with Crippen molar-refractivity contribution in [2.45, 2.75) is 65.7 Å². The summed E-state index contributed by atoms with van der Waals surface area (Å²) in [5.41, 5.74) is 4.51. The maximum atomic E-state index is 2.36. The Balaban J connectivity index is -0.000000325. The Morgan fingerprint density at radius 2 is 1.35 bits per heavy atom. The van der Waals surface area contributed by atoms with E-state index < -0.39 is 0 Å². The Morgan fingerprint density at radius 3 is 1.87 bits per heavy atom. The van der Waals surface area contributed by atoms with E-state index in [9.17, 15) is 0 Å². The van der Waals surface area contributed by atoms with Crippen LogP contribution in [0.2, 0.25) is 0 Å². The standard InChI is InChI=1S/C12H19.C8H11.2CH3.Hf/c1-3-5-7-12-9-8-11(10-12)6-4-2;1-2-5-8-6-3-4-7-8;;;/h8-10H,3-7H2,1-2H3;3-4,6-7H,2,5H2,1H3;2*1H3;/q4*-1;+4. The third-order valence-electron chi connectivity index (χ3n) is 3.51. The average molecular weight is 479 g/mol. The molecule has 2 aromatic rings. The second-order valence-corrected chi connectivity index (χ2v) is 5.52. The Kier molecular flexibility index (Phi) is 21.4. The molecule has 0 aliphatic rings. The van der Waals surface area contributed by atoms with E-state index in [0.29, 0.717) is 0 Å². The second-order valence-electron chi connectivity index (χ2n) is 5.52. The molecule has 0 aliphatic carbocycles. The smallest absolute Gasteiger partial charge is 0.358 e. The van der Waals surface area contributed by atoms with E-state index in [1.54, 1.807) is 0 Å². The molecule has 0 aromatic heterocycles. The zero-order chi connectivity index (χ0) is 14.6. The van der Waals surface area contributed by atoms with Crippen molar-refractivity contribution >= 4 is 0 Å². The summed E-state index contributed by atoms with van der Waals surface area (Å²) < 4.78 is 0. The van der Waals surface area contributed by atoms with Gasteiger partial charge in [0, 0.05) is 0 Å². The van der Waals surface area contributed by atoms with E-state index in [0.717, 1.165) is 0 Å². The molecule has 0 saturated heterocycles. The molecular formula is C22H36Hf. The van der Waals surface area contributed by atoms with Gasteiger partial charge in [-0.05, 0) is 0 Å². The predicted octanol–water partition coefficient (Wildman–Crippen LogP) is 6.96. The van der Waals surface area contributed by atoms with Crippen molar-refractivity contribution in [1.82, 2.24) is 0 Å². The number of rotatable bonds is 7. The zero-order valence-electron chi connectivity index (χ0n) is 16.0. The first kappa shape index (κ1) is 27.4. The maximum Gasteiger partial charge on any atom is 4.00 e. The molecule has 0 radical (unpaired) electrons. The molecule has 0 bridgehead atoms. The van der Waals surface area contributed by atoms with Crippen molar-refractivity contribution < 1.29 is 25.8 Å². The van der Waals surface area contributed by atoms with E-state index in [4.69, 9.17) is 0 Å². The minimum Gasteiger partial charge on any atom is -0.358 e. The first-order valence-corrected chi connectivity index (χ1v) is 8.25. The number of hydrogen-bond donors (Lipinski definition) is 0. The second kappa shape index (κ2) is 17.9. The fourth-order valence-corrected chi connectivity index (χ4v) is 2.40. The van der Waals surface area contributed by atoms with Crippen molar-refractivity contribution in [3.63, 3.8) is 0 Å². The van der Waals surface area contributed by atoms with Gasteiger partial charge < -0.3 is 14.9 Å². The molecule has 128 valence electrons. The molecule has 2 aromatic carbocycles. The van der Waals surface area contributed by atoms with E-state index in [1.165, 1.54) is 61.6 Å². The van der Waals surface area contributed by atoms with Crippen LogP contribution in [0.4, 0.5) is 0 Å². The van der Waals surface area contributed by atoms with Gasteiger partial charge in [0.1, 0.15) is 0 Å². The van der Waals surface area contributed by atoms with Crippen LogP contribution in [0.1, 0.15) is 63.1 Å². The van der Waals surface area contributed by atoms with Gasteiger partial charge >= 0.3 is 25.8 Å². The van der Waals surface area contributed by atoms with Crippen LogP contribution in [0.15, 0.2) is 42.5 Å². The van der Waals surface area contributed by atoms with Crippen LogP contribution in [0.3, 0.4) is 0 Å². The SMILES string of the molecule is CCCCc1cc[c-](CCC)c1.CCC[c-]1cccc1.[CH3-].[CH3-].[Hf+4]. The topological polar surface area (TPSA) is 0 Å². The Bertz CT molecular complexity index is 423. The molecule has 0 saturated carbocycles. The van der Waals surface area contributed by atoms with Gasteiger partial charge in [0.15, 0.2) is 0 Å². The number of hydrogen-bond acceptors (Lipinski definition) is 0. The molecule has 1 heteroatoms.